The molecule has 7 heteroatoms. The van der Waals surface area contributed by atoms with E-state index in [1.165, 1.54) is 0 Å². The highest BCUT2D eigenvalue weighted by molar-refractivity contribution is 9.10. The van der Waals surface area contributed by atoms with Crippen LogP contribution in [0.1, 0.15) is 20.3 Å². The van der Waals surface area contributed by atoms with Gasteiger partial charge in [0.15, 0.2) is 0 Å². The average Bonchev–Trinajstić information content (AvgIpc) is 2.87. The van der Waals surface area contributed by atoms with E-state index in [9.17, 15) is 14.4 Å². The zero-order chi connectivity index (χ0) is 17.7. The molecule has 1 aliphatic rings. The van der Waals surface area contributed by atoms with Crippen LogP contribution < -0.4 is 10.6 Å². The highest BCUT2D eigenvalue weighted by Crippen LogP contribution is 2.21. The minimum absolute atomic E-state index is 0.00141. The molecule has 3 amide bonds. The largest absolute Gasteiger partial charge is 0.347 e. The summed E-state index contributed by atoms with van der Waals surface area (Å²) in [6, 6.07) is 7.25. The van der Waals surface area contributed by atoms with Crippen LogP contribution in [0.15, 0.2) is 28.7 Å². The number of para-hydroxylation sites is 1. The number of likely N-dealkylation sites (tertiary alicyclic amines) is 1. The van der Waals surface area contributed by atoms with Crippen molar-refractivity contribution >= 4 is 39.3 Å². The first-order valence-corrected chi connectivity index (χ1v) is 8.76. The monoisotopic (exact) mass is 395 g/mol. The maximum absolute atomic E-state index is 12.2. The number of halogens is 1. The number of hydrogen-bond donors (Lipinski definition) is 2. The number of nitrogens with one attached hydrogen (secondary N) is 2. The highest BCUT2D eigenvalue weighted by Gasteiger charge is 2.34. The fraction of sp³-hybridized carbons (Fsp3) is 0.471. The number of rotatable bonds is 6. The Morgan fingerprint density at radius 1 is 1.33 bits per heavy atom. The van der Waals surface area contributed by atoms with Crippen LogP contribution in [-0.4, -0.2) is 42.3 Å². The van der Waals surface area contributed by atoms with Crippen molar-refractivity contribution < 1.29 is 14.4 Å². The number of nitrogens with zero attached hydrogens (tertiary/aromatic N) is 1. The Balaban J connectivity index is 1.80. The number of benzene rings is 1. The first-order valence-electron chi connectivity index (χ1n) is 7.96. The van der Waals surface area contributed by atoms with E-state index in [2.05, 4.69) is 26.6 Å². The van der Waals surface area contributed by atoms with Crippen molar-refractivity contribution in [2.45, 2.75) is 20.3 Å². The van der Waals surface area contributed by atoms with Crippen LogP contribution in [0.2, 0.25) is 0 Å². The normalized spacial score (nSPS) is 17.2. The SMILES string of the molecule is CC(C)CN1C[C@@H](C(=O)NCC(=O)Nc2ccccc2Br)CC1=O. The predicted molar refractivity (Wildman–Crippen MR) is 95.3 cm³/mol. The number of anilines is 1. The molecule has 24 heavy (non-hydrogen) atoms. The fourth-order valence-electron chi connectivity index (χ4n) is 2.63. The van der Waals surface area contributed by atoms with Crippen molar-refractivity contribution in [3.8, 4) is 0 Å². The van der Waals surface area contributed by atoms with Crippen molar-refractivity contribution in [1.82, 2.24) is 10.2 Å². The fourth-order valence-corrected chi connectivity index (χ4v) is 3.02. The lowest BCUT2D eigenvalue weighted by Crippen LogP contribution is -2.38. The van der Waals surface area contributed by atoms with E-state index in [-0.39, 0.29) is 36.6 Å². The summed E-state index contributed by atoms with van der Waals surface area (Å²) in [5.41, 5.74) is 0.649. The van der Waals surface area contributed by atoms with Crippen LogP contribution in [0, 0.1) is 11.8 Å². The van der Waals surface area contributed by atoms with E-state index < -0.39 is 0 Å². The van der Waals surface area contributed by atoms with Crippen LogP contribution >= 0.6 is 15.9 Å². The van der Waals surface area contributed by atoms with Gasteiger partial charge in [0.1, 0.15) is 0 Å². The van der Waals surface area contributed by atoms with E-state index in [4.69, 9.17) is 0 Å². The molecule has 1 aliphatic heterocycles. The maximum Gasteiger partial charge on any atom is 0.243 e. The second-order valence-corrected chi connectivity index (χ2v) is 7.19. The van der Waals surface area contributed by atoms with Crippen LogP contribution in [0.5, 0.6) is 0 Å². The topological polar surface area (TPSA) is 78.5 Å². The third-order valence-corrected chi connectivity index (χ3v) is 4.43. The molecule has 1 aromatic carbocycles. The standard InChI is InChI=1S/C17H22BrN3O3/c1-11(2)9-21-10-12(7-16(21)23)17(24)19-8-15(22)20-14-6-4-3-5-13(14)18/h3-6,11-12H,7-10H2,1-2H3,(H,19,24)(H,20,22)/t12-/m0/s1. The molecule has 6 nitrogen and oxygen atoms in total. The summed E-state index contributed by atoms with van der Waals surface area (Å²) in [5, 5.41) is 5.34. The lowest BCUT2D eigenvalue weighted by Gasteiger charge is -2.18. The van der Waals surface area contributed by atoms with Crippen molar-refractivity contribution in [1.29, 1.82) is 0 Å². The van der Waals surface area contributed by atoms with Gasteiger partial charge in [-0.2, -0.15) is 0 Å². The Morgan fingerprint density at radius 3 is 2.71 bits per heavy atom. The first kappa shape index (κ1) is 18.4. The van der Waals surface area contributed by atoms with Gasteiger partial charge in [0, 0.05) is 24.0 Å². The first-order chi connectivity index (χ1) is 11.4. The second-order valence-electron chi connectivity index (χ2n) is 6.34. The third kappa shape index (κ3) is 5.06. The molecule has 0 bridgehead atoms. The van der Waals surface area contributed by atoms with Gasteiger partial charge in [-0.15, -0.1) is 0 Å². The number of hydrogen-bond acceptors (Lipinski definition) is 3. The molecule has 2 rings (SSSR count). The molecule has 1 fully saturated rings. The lowest BCUT2D eigenvalue weighted by atomic mass is 10.1. The van der Waals surface area contributed by atoms with E-state index in [1.54, 1.807) is 11.0 Å². The van der Waals surface area contributed by atoms with Gasteiger partial charge in [-0.05, 0) is 34.0 Å². The summed E-state index contributed by atoms with van der Waals surface area (Å²) in [7, 11) is 0. The van der Waals surface area contributed by atoms with E-state index >= 15 is 0 Å². The summed E-state index contributed by atoms with van der Waals surface area (Å²) in [6.07, 6.45) is 0.213. The summed E-state index contributed by atoms with van der Waals surface area (Å²) in [6.45, 7) is 5.04. The summed E-state index contributed by atoms with van der Waals surface area (Å²) >= 11 is 3.35. The second kappa shape index (κ2) is 8.28. The molecule has 1 saturated heterocycles. The molecule has 1 heterocycles. The van der Waals surface area contributed by atoms with Gasteiger partial charge < -0.3 is 15.5 Å². The number of carbonyl (C=O) groups excluding carboxylic acids is 3. The molecule has 130 valence electrons. The van der Waals surface area contributed by atoms with E-state index in [0.29, 0.717) is 24.7 Å². The van der Waals surface area contributed by atoms with Gasteiger partial charge in [-0.1, -0.05) is 26.0 Å². The van der Waals surface area contributed by atoms with E-state index in [0.717, 1.165) is 4.47 Å². The molecule has 0 unspecified atom stereocenters. The van der Waals surface area contributed by atoms with E-state index in [1.807, 2.05) is 32.0 Å². The Bertz CT molecular complexity index is 633. The summed E-state index contributed by atoms with van der Waals surface area (Å²) in [4.78, 5) is 37.7. The molecular formula is C17H22BrN3O3. The van der Waals surface area contributed by atoms with Gasteiger partial charge in [-0.3, -0.25) is 14.4 Å². The van der Waals surface area contributed by atoms with Crippen molar-refractivity contribution in [2.75, 3.05) is 25.0 Å². The van der Waals surface area contributed by atoms with Gasteiger partial charge in [0.2, 0.25) is 17.7 Å². The molecule has 1 aromatic rings. The quantitative estimate of drug-likeness (QED) is 0.772. The lowest BCUT2D eigenvalue weighted by molar-refractivity contribution is -0.129. The summed E-state index contributed by atoms with van der Waals surface area (Å²) in [5.74, 6) is -0.574. The molecule has 0 aliphatic carbocycles. The van der Waals surface area contributed by atoms with Gasteiger partial charge in [0.05, 0.1) is 18.2 Å². The average molecular weight is 396 g/mol. The zero-order valence-electron chi connectivity index (χ0n) is 13.8. The maximum atomic E-state index is 12.2. The molecule has 0 radical (unpaired) electrons. The minimum atomic E-state index is -0.382. The summed E-state index contributed by atoms with van der Waals surface area (Å²) < 4.78 is 0.774. The van der Waals surface area contributed by atoms with Crippen molar-refractivity contribution in [2.24, 2.45) is 11.8 Å². The van der Waals surface area contributed by atoms with Crippen LogP contribution in [0.25, 0.3) is 0 Å². The van der Waals surface area contributed by atoms with Gasteiger partial charge >= 0.3 is 0 Å². The van der Waals surface area contributed by atoms with Gasteiger partial charge in [0.25, 0.3) is 0 Å². The smallest absolute Gasteiger partial charge is 0.243 e. The zero-order valence-corrected chi connectivity index (χ0v) is 15.4. The van der Waals surface area contributed by atoms with Gasteiger partial charge in [-0.25, -0.2) is 0 Å². The molecule has 0 spiro atoms. The molecular weight excluding hydrogens is 374 g/mol. The number of carbonyl (C=O) groups is 3. The molecule has 2 N–H and O–H groups in total. The van der Waals surface area contributed by atoms with Crippen molar-refractivity contribution in [3.63, 3.8) is 0 Å². The Morgan fingerprint density at radius 2 is 2.04 bits per heavy atom. The molecule has 0 aromatic heterocycles. The number of amides is 3. The Labute approximate surface area is 150 Å². The highest BCUT2D eigenvalue weighted by atomic mass is 79.9. The van der Waals surface area contributed by atoms with Crippen LogP contribution in [0.3, 0.4) is 0 Å². The Kier molecular flexibility index (Phi) is 6.36. The minimum Gasteiger partial charge on any atom is -0.347 e. The van der Waals surface area contributed by atoms with Crippen LogP contribution in [-0.2, 0) is 14.4 Å². The predicted octanol–water partition coefficient (Wildman–Crippen LogP) is 2.01. The Hall–Kier alpha value is -1.89. The molecule has 1 atom stereocenters. The third-order valence-electron chi connectivity index (χ3n) is 3.74. The molecule has 0 saturated carbocycles. The van der Waals surface area contributed by atoms with Crippen molar-refractivity contribution in [3.05, 3.63) is 28.7 Å². The van der Waals surface area contributed by atoms with Crippen LogP contribution in [0.4, 0.5) is 5.69 Å².